The summed E-state index contributed by atoms with van der Waals surface area (Å²) in [5, 5.41) is 0. The zero-order valence-electron chi connectivity index (χ0n) is 6.91. The van der Waals surface area contributed by atoms with Crippen molar-refractivity contribution in [2.24, 2.45) is 0 Å². The smallest absolute Gasteiger partial charge is 0.199 e. The highest BCUT2D eigenvalue weighted by molar-refractivity contribution is 7.82. The Morgan fingerprint density at radius 2 is 1.92 bits per heavy atom. The van der Waals surface area contributed by atoms with Crippen LogP contribution in [0.5, 0.6) is 0 Å². The first kappa shape index (κ1) is 9.07. The van der Waals surface area contributed by atoms with E-state index in [1.165, 1.54) is 0 Å². The number of hydrogen-bond donors (Lipinski definition) is 0. The van der Waals surface area contributed by atoms with Gasteiger partial charge >= 0.3 is 0 Å². The zero-order valence-corrected chi connectivity index (χ0v) is 7.73. The summed E-state index contributed by atoms with van der Waals surface area (Å²) in [7, 11) is 0. The Morgan fingerprint density at radius 1 is 1.33 bits per heavy atom. The van der Waals surface area contributed by atoms with Crippen molar-refractivity contribution < 1.29 is 4.79 Å². The van der Waals surface area contributed by atoms with E-state index in [9.17, 15) is 4.79 Å². The number of thiocarbonyl (C=S) groups is 1. The minimum atomic E-state index is -0.0203. The second-order valence-corrected chi connectivity index (χ2v) is 2.96. The van der Waals surface area contributed by atoms with Gasteiger partial charge in [0.2, 0.25) is 0 Å². The van der Waals surface area contributed by atoms with Crippen molar-refractivity contribution in [2.45, 2.75) is 13.3 Å². The normalized spacial score (nSPS) is 9.42. The lowest BCUT2D eigenvalue weighted by atomic mass is 10.1. The number of carbonyl (C=O) groups is 1. The SMILES string of the molecule is CCC(=S)C(=O)c1ccccc1. The lowest BCUT2D eigenvalue weighted by molar-refractivity contribution is 0.106. The summed E-state index contributed by atoms with van der Waals surface area (Å²) in [6, 6.07) is 9.12. The molecule has 0 heterocycles. The highest BCUT2D eigenvalue weighted by atomic mass is 32.1. The van der Waals surface area contributed by atoms with Crippen LogP contribution in [0.4, 0.5) is 0 Å². The van der Waals surface area contributed by atoms with Gasteiger partial charge in [-0.1, -0.05) is 49.5 Å². The molecule has 0 saturated heterocycles. The van der Waals surface area contributed by atoms with Crippen molar-refractivity contribution in [1.29, 1.82) is 0 Å². The number of rotatable bonds is 3. The molecule has 0 spiro atoms. The third kappa shape index (κ3) is 1.98. The van der Waals surface area contributed by atoms with Crippen molar-refractivity contribution in [3.63, 3.8) is 0 Å². The lowest BCUT2D eigenvalue weighted by Gasteiger charge is -1.98. The van der Waals surface area contributed by atoms with Crippen LogP contribution in [0.2, 0.25) is 0 Å². The minimum absolute atomic E-state index is 0.0203. The molecule has 0 bridgehead atoms. The van der Waals surface area contributed by atoms with Gasteiger partial charge in [0, 0.05) is 5.56 Å². The van der Waals surface area contributed by atoms with E-state index >= 15 is 0 Å². The molecule has 1 aromatic rings. The van der Waals surface area contributed by atoms with Crippen LogP contribution in [0, 0.1) is 0 Å². The van der Waals surface area contributed by atoms with Gasteiger partial charge in [-0.25, -0.2) is 0 Å². The van der Waals surface area contributed by atoms with Crippen LogP contribution in [-0.2, 0) is 0 Å². The van der Waals surface area contributed by atoms with E-state index in [1.807, 2.05) is 25.1 Å². The lowest BCUT2D eigenvalue weighted by Crippen LogP contribution is -2.09. The molecule has 0 saturated carbocycles. The Labute approximate surface area is 77.4 Å². The van der Waals surface area contributed by atoms with Gasteiger partial charge < -0.3 is 0 Å². The highest BCUT2D eigenvalue weighted by Crippen LogP contribution is 2.03. The zero-order chi connectivity index (χ0) is 8.97. The van der Waals surface area contributed by atoms with Gasteiger partial charge in [0.15, 0.2) is 5.78 Å². The van der Waals surface area contributed by atoms with Crippen LogP contribution in [0.3, 0.4) is 0 Å². The maximum atomic E-state index is 11.4. The van der Waals surface area contributed by atoms with Crippen molar-refractivity contribution in [3.8, 4) is 0 Å². The predicted molar refractivity (Wildman–Crippen MR) is 53.7 cm³/mol. The highest BCUT2D eigenvalue weighted by Gasteiger charge is 2.08. The van der Waals surface area contributed by atoms with Gasteiger partial charge in [-0.3, -0.25) is 4.79 Å². The number of ketones is 1. The molecule has 0 radical (unpaired) electrons. The third-order valence-electron chi connectivity index (χ3n) is 1.61. The van der Waals surface area contributed by atoms with E-state index in [2.05, 4.69) is 0 Å². The summed E-state index contributed by atoms with van der Waals surface area (Å²) in [6.07, 6.45) is 0.642. The van der Waals surface area contributed by atoms with Crippen LogP contribution < -0.4 is 0 Å². The largest absolute Gasteiger partial charge is 0.288 e. The van der Waals surface area contributed by atoms with E-state index in [1.54, 1.807) is 12.1 Å². The first-order chi connectivity index (χ1) is 5.75. The van der Waals surface area contributed by atoms with Gasteiger partial charge in [-0.2, -0.15) is 0 Å². The number of Topliss-reactive ketones (excluding diaryl/α,β-unsaturated/α-hetero) is 1. The molecule has 2 heteroatoms. The summed E-state index contributed by atoms with van der Waals surface area (Å²) in [5.74, 6) is -0.0203. The summed E-state index contributed by atoms with van der Waals surface area (Å²) in [4.78, 5) is 11.9. The second-order valence-electron chi connectivity index (χ2n) is 2.47. The molecule has 0 fully saturated rings. The molecule has 1 aromatic carbocycles. The Morgan fingerprint density at radius 3 is 2.42 bits per heavy atom. The molecule has 0 aliphatic carbocycles. The molecule has 1 rings (SSSR count). The van der Waals surface area contributed by atoms with Gasteiger partial charge in [0.05, 0.1) is 4.86 Å². The molecular weight excluding hydrogens is 168 g/mol. The molecule has 0 unspecified atom stereocenters. The molecule has 0 N–H and O–H groups in total. The number of benzene rings is 1. The molecule has 62 valence electrons. The third-order valence-corrected chi connectivity index (χ3v) is 2.08. The summed E-state index contributed by atoms with van der Waals surface area (Å²) in [5.41, 5.74) is 0.685. The van der Waals surface area contributed by atoms with E-state index < -0.39 is 0 Å². The van der Waals surface area contributed by atoms with Crippen LogP contribution >= 0.6 is 12.2 Å². The first-order valence-corrected chi connectivity index (χ1v) is 4.29. The average Bonchev–Trinajstić information content (AvgIpc) is 2.17. The standard InChI is InChI=1S/C10H10OS/c1-2-9(12)10(11)8-6-4-3-5-7-8/h3-7H,2H2,1H3. The molecule has 0 atom stereocenters. The molecule has 1 nitrogen and oxygen atoms in total. The fourth-order valence-electron chi connectivity index (χ4n) is 0.911. The van der Waals surface area contributed by atoms with E-state index in [-0.39, 0.29) is 5.78 Å². The second kappa shape index (κ2) is 4.12. The van der Waals surface area contributed by atoms with Gasteiger partial charge in [-0.05, 0) is 6.42 Å². The maximum absolute atomic E-state index is 11.4. The Bertz CT molecular complexity index is 290. The van der Waals surface area contributed by atoms with Crippen LogP contribution in [0.25, 0.3) is 0 Å². The van der Waals surface area contributed by atoms with Crippen molar-refractivity contribution in [2.75, 3.05) is 0 Å². The fourth-order valence-corrected chi connectivity index (χ4v) is 1.03. The average molecular weight is 178 g/mol. The molecule has 12 heavy (non-hydrogen) atoms. The van der Waals surface area contributed by atoms with E-state index in [0.29, 0.717) is 16.8 Å². The van der Waals surface area contributed by atoms with Gasteiger partial charge in [-0.15, -0.1) is 0 Å². The Hall–Kier alpha value is -1.02. The van der Waals surface area contributed by atoms with Gasteiger partial charge in [0.1, 0.15) is 0 Å². The Balaban J connectivity index is 2.86. The predicted octanol–water partition coefficient (Wildman–Crippen LogP) is 2.65. The van der Waals surface area contributed by atoms with E-state index in [4.69, 9.17) is 12.2 Å². The number of carbonyl (C=O) groups excluding carboxylic acids is 1. The summed E-state index contributed by atoms with van der Waals surface area (Å²) in [6.45, 7) is 1.89. The van der Waals surface area contributed by atoms with Gasteiger partial charge in [0.25, 0.3) is 0 Å². The Kier molecular flexibility index (Phi) is 3.11. The molecular formula is C10H10OS. The van der Waals surface area contributed by atoms with Crippen LogP contribution in [-0.4, -0.2) is 10.6 Å². The van der Waals surface area contributed by atoms with Crippen LogP contribution in [0.15, 0.2) is 30.3 Å². The maximum Gasteiger partial charge on any atom is 0.199 e. The monoisotopic (exact) mass is 178 g/mol. The summed E-state index contributed by atoms with van der Waals surface area (Å²) >= 11 is 4.91. The van der Waals surface area contributed by atoms with Crippen molar-refractivity contribution >= 4 is 22.9 Å². The van der Waals surface area contributed by atoms with Crippen molar-refractivity contribution in [3.05, 3.63) is 35.9 Å². The van der Waals surface area contributed by atoms with E-state index in [0.717, 1.165) is 0 Å². The first-order valence-electron chi connectivity index (χ1n) is 3.88. The fraction of sp³-hybridized carbons (Fsp3) is 0.200. The molecule has 0 aliphatic rings. The van der Waals surface area contributed by atoms with Crippen LogP contribution in [0.1, 0.15) is 23.7 Å². The van der Waals surface area contributed by atoms with Crippen molar-refractivity contribution in [1.82, 2.24) is 0 Å². The minimum Gasteiger partial charge on any atom is -0.288 e. The quantitative estimate of drug-likeness (QED) is 0.523. The molecule has 0 aromatic heterocycles. The topological polar surface area (TPSA) is 17.1 Å². The molecule has 0 aliphatic heterocycles. The summed E-state index contributed by atoms with van der Waals surface area (Å²) < 4.78 is 0. The molecule has 0 amide bonds. The number of hydrogen-bond acceptors (Lipinski definition) is 2.